The van der Waals surface area contributed by atoms with Gasteiger partial charge in [-0.15, -0.1) is 0 Å². The van der Waals surface area contributed by atoms with E-state index in [1.165, 1.54) is 43.8 Å². The van der Waals surface area contributed by atoms with Crippen molar-refractivity contribution in [1.82, 2.24) is 0 Å². The molecule has 0 aliphatic rings. The molecule has 220 valence electrons. The Bertz CT molecular complexity index is 2080. The molecule has 7 aromatic rings. The average Bonchev–Trinajstić information content (AvgIpc) is 3.18. The summed E-state index contributed by atoms with van der Waals surface area (Å²) in [5, 5.41) is 7.16. The fraction of sp³-hybridized carbons (Fsp3) is 0.200. The van der Waals surface area contributed by atoms with Gasteiger partial charge in [0, 0.05) is 22.9 Å². The minimum Gasteiger partial charge on any atom is -0.407 e. The van der Waals surface area contributed by atoms with E-state index in [2.05, 4.69) is 155 Å². The van der Waals surface area contributed by atoms with Crippen molar-refractivity contribution in [2.75, 3.05) is 4.67 Å². The molecule has 0 saturated heterocycles. The maximum atomic E-state index is 7.11. The van der Waals surface area contributed by atoms with E-state index < -0.39 is 8.16 Å². The molecule has 0 aliphatic heterocycles. The van der Waals surface area contributed by atoms with E-state index in [9.17, 15) is 0 Å². The highest BCUT2D eigenvalue weighted by Crippen LogP contribution is 2.47. The molecule has 0 spiro atoms. The van der Waals surface area contributed by atoms with E-state index in [0.717, 1.165) is 33.1 Å². The quantitative estimate of drug-likeness (QED) is 0.198. The van der Waals surface area contributed by atoms with Gasteiger partial charge in [-0.25, -0.2) is 0 Å². The normalized spacial score (nSPS) is 13.2. The Hall–Kier alpha value is -4.30. The zero-order valence-corrected chi connectivity index (χ0v) is 27.2. The van der Waals surface area contributed by atoms with E-state index in [1.807, 2.05) is 0 Å². The summed E-state index contributed by atoms with van der Waals surface area (Å²) in [5.74, 6) is 0. The predicted octanol–water partition coefficient (Wildman–Crippen LogP) is 12.3. The molecule has 2 atom stereocenters. The third kappa shape index (κ3) is 5.11. The van der Waals surface area contributed by atoms with Crippen LogP contribution in [0.5, 0.6) is 0 Å². The van der Waals surface area contributed by atoms with Crippen LogP contribution in [-0.2, 0) is 0 Å². The summed E-state index contributed by atoms with van der Waals surface area (Å²) >= 11 is 0. The van der Waals surface area contributed by atoms with Gasteiger partial charge in [-0.2, -0.15) is 4.67 Å². The summed E-state index contributed by atoms with van der Waals surface area (Å²) in [5.41, 5.74) is 8.96. The lowest BCUT2D eigenvalue weighted by Gasteiger charge is -2.32. The Morgan fingerprint density at radius 2 is 0.909 bits per heavy atom. The molecule has 0 bridgehead atoms. The van der Waals surface area contributed by atoms with Gasteiger partial charge in [0.25, 0.3) is 0 Å². The minimum atomic E-state index is -1.57. The molecular weight excluding hydrogens is 557 g/mol. The summed E-state index contributed by atoms with van der Waals surface area (Å²) in [6.45, 7) is 13.2. The second-order valence-electron chi connectivity index (χ2n) is 12.3. The van der Waals surface area contributed by atoms with Crippen LogP contribution in [0.2, 0.25) is 0 Å². The Labute approximate surface area is 260 Å². The smallest absolute Gasteiger partial charge is 0.310 e. The Balaban J connectivity index is 1.51. The number of fused-ring (bicyclic) bond motifs is 5. The van der Waals surface area contributed by atoms with Gasteiger partial charge in [-0.05, 0) is 121 Å². The standard InChI is InChI=1S/C40H38NO2P/c1-25-19-27(3)39-37(21-25)38-22-26(2)20-28(4)40(38)43-44(42-39)41(29(5)33-17-15-31-11-7-9-13-35(31)23-33)30(6)34-18-16-32-12-8-10-14-36(32)24-34/h7-24,29-30H,1-6H3/t29-,30+. The molecule has 44 heavy (non-hydrogen) atoms. The summed E-state index contributed by atoms with van der Waals surface area (Å²) in [6.07, 6.45) is 0. The predicted molar refractivity (Wildman–Crippen MR) is 188 cm³/mol. The van der Waals surface area contributed by atoms with Gasteiger partial charge >= 0.3 is 8.16 Å². The van der Waals surface area contributed by atoms with Crippen LogP contribution in [0.1, 0.15) is 59.3 Å². The lowest BCUT2D eigenvalue weighted by molar-refractivity contribution is 0.557. The van der Waals surface area contributed by atoms with E-state index >= 15 is 0 Å². The topological polar surface area (TPSA) is 29.5 Å². The van der Waals surface area contributed by atoms with Crippen molar-refractivity contribution in [3.8, 4) is 0 Å². The zero-order chi connectivity index (χ0) is 30.5. The van der Waals surface area contributed by atoms with Crippen molar-refractivity contribution < 1.29 is 8.39 Å². The summed E-state index contributed by atoms with van der Waals surface area (Å²) in [6, 6.07) is 39.7. The van der Waals surface area contributed by atoms with Gasteiger partial charge in [-0.3, -0.25) is 0 Å². The monoisotopic (exact) mass is 595 g/mol. The van der Waals surface area contributed by atoms with Crippen LogP contribution in [0.3, 0.4) is 0 Å². The number of aryl methyl sites for hydroxylation is 4. The first-order valence-corrected chi connectivity index (χ1v) is 16.5. The van der Waals surface area contributed by atoms with Crippen LogP contribution in [0, 0.1) is 27.7 Å². The molecular formula is C40H38NO2P. The number of nitrogens with zero attached hydrogens (tertiary/aromatic N) is 1. The van der Waals surface area contributed by atoms with Crippen molar-refractivity contribution in [1.29, 1.82) is 0 Å². The minimum absolute atomic E-state index is 0.00805. The molecule has 1 aromatic heterocycles. The van der Waals surface area contributed by atoms with Crippen molar-refractivity contribution in [3.63, 3.8) is 0 Å². The summed E-state index contributed by atoms with van der Waals surface area (Å²) < 4.78 is 16.7. The number of rotatable bonds is 5. The SMILES string of the molecule is Cc1cc(C)c2op(N([C@H](C)c3ccc4ccccc4c3)[C@@H](C)c3ccc4ccccc4c3)oc3c(C)cc(C)cc3c2c1. The van der Waals surface area contributed by atoms with Crippen LogP contribution in [-0.4, -0.2) is 0 Å². The largest absolute Gasteiger partial charge is 0.407 e. The molecule has 0 aliphatic carbocycles. The first-order valence-electron chi connectivity index (χ1n) is 15.4. The zero-order valence-electron chi connectivity index (χ0n) is 26.3. The Morgan fingerprint density at radius 3 is 1.34 bits per heavy atom. The molecule has 0 fully saturated rings. The molecule has 0 N–H and O–H groups in total. The van der Waals surface area contributed by atoms with Crippen molar-refractivity contribution in [2.45, 2.75) is 53.6 Å². The van der Waals surface area contributed by atoms with Crippen LogP contribution < -0.4 is 4.67 Å². The fourth-order valence-electron chi connectivity index (χ4n) is 6.68. The number of benzene rings is 6. The Kier molecular flexibility index (Phi) is 7.33. The molecule has 0 saturated carbocycles. The fourth-order valence-corrected chi connectivity index (χ4v) is 8.53. The summed E-state index contributed by atoms with van der Waals surface area (Å²) in [4.78, 5) is 0. The maximum absolute atomic E-state index is 7.11. The molecule has 0 amide bonds. The molecule has 6 aromatic carbocycles. The van der Waals surface area contributed by atoms with Gasteiger partial charge in [-0.1, -0.05) is 84.9 Å². The van der Waals surface area contributed by atoms with Gasteiger partial charge in [0.15, 0.2) is 0 Å². The molecule has 0 unspecified atom stereocenters. The van der Waals surface area contributed by atoms with Gasteiger partial charge in [0.1, 0.15) is 11.2 Å². The van der Waals surface area contributed by atoms with E-state index in [-0.39, 0.29) is 12.1 Å². The van der Waals surface area contributed by atoms with Gasteiger partial charge in [0.05, 0.1) is 0 Å². The highest BCUT2D eigenvalue weighted by Gasteiger charge is 2.30. The van der Waals surface area contributed by atoms with Crippen LogP contribution in [0.4, 0.5) is 0 Å². The van der Waals surface area contributed by atoms with Gasteiger partial charge < -0.3 is 8.39 Å². The third-order valence-corrected chi connectivity index (χ3v) is 10.7. The molecule has 4 heteroatoms. The van der Waals surface area contributed by atoms with Crippen molar-refractivity contribution in [2.24, 2.45) is 0 Å². The highest BCUT2D eigenvalue weighted by molar-refractivity contribution is 7.39. The van der Waals surface area contributed by atoms with E-state index in [1.54, 1.807) is 0 Å². The number of hydrogen-bond donors (Lipinski definition) is 0. The Morgan fingerprint density at radius 1 is 0.500 bits per heavy atom. The highest BCUT2D eigenvalue weighted by atomic mass is 31.1. The average molecular weight is 596 g/mol. The second kappa shape index (κ2) is 11.3. The first kappa shape index (κ1) is 28.5. The maximum Gasteiger partial charge on any atom is 0.310 e. The van der Waals surface area contributed by atoms with Gasteiger partial charge in [0.2, 0.25) is 0 Å². The third-order valence-electron chi connectivity index (χ3n) is 8.96. The first-order chi connectivity index (χ1) is 21.3. The van der Waals surface area contributed by atoms with Crippen LogP contribution >= 0.6 is 8.16 Å². The summed E-state index contributed by atoms with van der Waals surface area (Å²) in [7, 11) is -1.57. The second-order valence-corrected chi connectivity index (χ2v) is 13.6. The van der Waals surface area contributed by atoms with E-state index in [0.29, 0.717) is 0 Å². The lowest BCUT2D eigenvalue weighted by Crippen LogP contribution is -2.27. The lowest BCUT2D eigenvalue weighted by atomic mass is 9.99. The van der Waals surface area contributed by atoms with Crippen LogP contribution in [0.25, 0.3) is 43.5 Å². The molecule has 7 rings (SSSR count). The molecule has 3 nitrogen and oxygen atoms in total. The van der Waals surface area contributed by atoms with Crippen molar-refractivity contribution >= 4 is 51.6 Å². The molecule has 0 radical (unpaired) electrons. The van der Waals surface area contributed by atoms with E-state index in [4.69, 9.17) is 8.39 Å². The molecule has 1 heterocycles. The van der Waals surface area contributed by atoms with Crippen molar-refractivity contribution in [3.05, 3.63) is 143 Å². The van der Waals surface area contributed by atoms with Crippen LogP contribution in [0.15, 0.2) is 118 Å². The number of hydrogen-bond acceptors (Lipinski definition) is 3.